The first-order chi connectivity index (χ1) is 13.2. The first kappa shape index (κ1) is 19.1. The van der Waals surface area contributed by atoms with E-state index in [2.05, 4.69) is 25.7 Å². The summed E-state index contributed by atoms with van der Waals surface area (Å²) in [4.78, 5) is 14.8. The highest BCUT2D eigenvalue weighted by molar-refractivity contribution is 6.03. The molecule has 1 aromatic carbocycles. The van der Waals surface area contributed by atoms with Crippen LogP contribution in [0.1, 0.15) is 16.1 Å². The van der Waals surface area contributed by atoms with Gasteiger partial charge >= 0.3 is 0 Å². The van der Waals surface area contributed by atoms with Gasteiger partial charge in [0.15, 0.2) is 5.69 Å². The van der Waals surface area contributed by atoms with E-state index in [1.54, 1.807) is 19.2 Å². The van der Waals surface area contributed by atoms with Crippen molar-refractivity contribution in [3.8, 4) is 5.75 Å². The van der Waals surface area contributed by atoms with Crippen molar-refractivity contribution in [1.82, 2.24) is 15.1 Å². The molecule has 2 aromatic rings. The number of hydrogen-bond donors (Lipinski definition) is 2. The molecular formula is C19H25N5O3. The molecule has 2 heterocycles. The third-order valence-corrected chi connectivity index (χ3v) is 4.34. The molecule has 2 N–H and O–H groups in total. The normalized spacial score (nSPS) is 14.6. The third-order valence-electron chi connectivity index (χ3n) is 4.34. The molecule has 0 spiro atoms. The number of aromatic nitrogens is 2. The van der Waals surface area contributed by atoms with Crippen LogP contribution in [-0.2, 0) is 4.74 Å². The number of anilines is 2. The van der Waals surface area contributed by atoms with E-state index in [9.17, 15) is 4.79 Å². The quantitative estimate of drug-likeness (QED) is 0.767. The van der Waals surface area contributed by atoms with E-state index >= 15 is 0 Å². The van der Waals surface area contributed by atoms with Gasteiger partial charge in [0.25, 0.3) is 5.91 Å². The molecule has 8 nitrogen and oxygen atoms in total. The fourth-order valence-electron chi connectivity index (χ4n) is 2.82. The number of nitrogens with one attached hydrogen (secondary N) is 2. The highest BCUT2D eigenvalue weighted by Crippen LogP contribution is 2.25. The first-order valence-corrected chi connectivity index (χ1v) is 8.99. The lowest BCUT2D eigenvalue weighted by Crippen LogP contribution is -2.39. The monoisotopic (exact) mass is 371 g/mol. The summed E-state index contributed by atoms with van der Waals surface area (Å²) in [6.45, 7) is 7.11. The van der Waals surface area contributed by atoms with E-state index in [0.29, 0.717) is 17.3 Å². The van der Waals surface area contributed by atoms with Crippen LogP contribution in [0.5, 0.6) is 5.75 Å². The molecular weight excluding hydrogens is 346 g/mol. The predicted molar refractivity (Wildman–Crippen MR) is 103 cm³/mol. The second-order valence-electron chi connectivity index (χ2n) is 6.34. The van der Waals surface area contributed by atoms with E-state index in [1.807, 2.05) is 25.1 Å². The Morgan fingerprint density at radius 3 is 2.74 bits per heavy atom. The SMILES string of the molecule is COc1ccc(C)cc1NC(=O)c1ccc(NCCN2CCOCC2)nn1. The largest absolute Gasteiger partial charge is 0.495 e. The Bertz CT molecular complexity index is 760. The van der Waals surface area contributed by atoms with Crippen LogP contribution in [0.3, 0.4) is 0 Å². The summed E-state index contributed by atoms with van der Waals surface area (Å²) in [6.07, 6.45) is 0. The maximum Gasteiger partial charge on any atom is 0.276 e. The molecule has 8 heteroatoms. The Morgan fingerprint density at radius 1 is 1.22 bits per heavy atom. The Labute approximate surface area is 158 Å². The number of hydrogen-bond acceptors (Lipinski definition) is 7. The second kappa shape index (κ2) is 9.29. The summed E-state index contributed by atoms with van der Waals surface area (Å²) >= 11 is 0. The molecule has 1 fully saturated rings. The van der Waals surface area contributed by atoms with Gasteiger partial charge in [-0.25, -0.2) is 0 Å². The summed E-state index contributed by atoms with van der Waals surface area (Å²) in [7, 11) is 1.57. The van der Waals surface area contributed by atoms with Crippen LogP contribution >= 0.6 is 0 Å². The Hall–Kier alpha value is -2.71. The van der Waals surface area contributed by atoms with Gasteiger partial charge in [-0.05, 0) is 36.8 Å². The van der Waals surface area contributed by atoms with Crippen LogP contribution in [0.25, 0.3) is 0 Å². The number of ether oxygens (including phenoxy) is 2. The number of carbonyl (C=O) groups excluding carboxylic acids is 1. The van der Waals surface area contributed by atoms with Crippen LogP contribution in [-0.4, -0.2) is 67.5 Å². The number of amides is 1. The summed E-state index contributed by atoms with van der Waals surface area (Å²) < 4.78 is 10.6. The van der Waals surface area contributed by atoms with Crippen molar-refractivity contribution in [2.75, 3.05) is 57.1 Å². The van der Waals surface area contributed by atoms with E-state index in [-0.39, 0.29) is 11.6 Å². The van der Waals surface area contributed by atoms with Crippen molar-refractivity contribution in [3.63, 3.8) is 0 Å². The number of rotatable bonds is 7. The van der Waals surface area contributed by atoms with Crippen molar-refractivity contribution in [2.45, 2.75) is 6.92 Å². The number of morpholine rings is 1. The Morgan fingerprint density at radius 2 is 2.04 bits per heavy atom. The number of aryl methyl sites for hydroxylation is 1. The van der Waals surface area contributed by atoms with Crippen LogP contribution in [0.2, 0.25) is 0 Å². The zero-order valence-corrected chi connectivity index (χ0v) is 15.7. The van der Waals surface area contributed by atoms with E-state index in [1.165, 1.54) is 0 Å². The molecule has 0 radical (unpaired) electrons. The molecule has 144 valence electrons. The predicted octanol–water partition coefficient (Wildman–Crippen LogP) is 1.79. The minimum absolute atomic E-state index is 0.247. The van der Waals surface area contributed by atoms with Crippen molar-refractivity contribution >= 4 is 17.4 Å². The topological polar surface area (TPSA) is 88.6 Å². The number of benzene rings is 1. The van der Waals surface area contributed by atoms with Gasteiger partial charge in [-0.15, -0.1) is 10.2 Å². The molecule has 0 unspecified atom stereocenters. The zero-order chi connectivity index (χ0) is 19.1. The third kappa shape index (κ3) is 5.38. The maximum absolute atomic E-state index is 12.4. The van der Waals surface area contributed by atoms with Crippen molar-refractivity contribution in [2.24, 2.45) is 0 Å². The standard InChI is InChI=1S/C19H25N5O3/c1-14-3-5-17(26-2)16(13-14)21-19(25)15-4-6-18(23-22-15)20-7-8-24-9-11-27-12-10-24/h3-6,13H,7-12H2,1-2H3,(H,20,23)(H,21,25). The van der Waals surface area contributed by atoms with Crippen LogP contribution < -0.4 is 15.4 Å². The average Bonchev–Trinajstić information content (AvgIpc) is 2.69. The summed E-state index contributed by atoms with van der Waals surface area (Å²) in [5.74, 6) is 0.919. The van der Waals surface area contributed by atoms with Crippen molar-refractivity contribution < 1.29 is 14.3 Å². The lowest BCUT2D eigenvalue weighted by Gasteiger charge is -2.26. The summed E-state index contributed by atoms with van der Waals surface area (Å²) in [6, 6.07) is 9.01. The molecule has 0 atom stereocenters. The lowest BCUT2D eigenvalue weighted by atomic mass is 10.2. The van der Waals surface area contributed by atoms with Gasteiger partial charge in [-0.3, -0.25) is 9.69 Å². The fourth-order valence-corrected chi connectivity index (χ4v) is 2.82. The highest BCUT2D eigenvalue weighted by Gasteiger charge is 2.13. The van der Waals surface area contributed by atoms with Gasteiger partial charge in [0.05, 0.1) is 26.0 Å². The van der Waals surface area contributed by atoms with Crippen LogP contribution in [0.4, 0.5) is 11.5 Å². The Balaban J connectivity index is 1.53. The van der Waals surface area contributed by atoms with E-state index < -0.39 is 0 Å². The molecule has 0 aliphatic carbocycles. The zero-order valence-electron chi connectivity index (χ0n) is 15.7. The van der Waals surface area contributed by atoms with Gasteiger partial charge in [-0.2, -0.15) is 0 Å². The molecule has 3 rings (SSSR count). The van der Waals surface area contributed by atoms with Gasteiger partial charge in [0.2, 0.25) is 0 Å². The summed E-state index contributed by atoms with van der Waals surface area (Å²) in [5, 5.41) is 14.2. The molecule has 1 saturated heterocycles. The van der Waals surface area contributed by atoms with Gasteiger partial charge < -0.3 is 20.1 Å². The smallest absolute Gasteiger partial charge is 0.276 e. The van der Waals surface area contributed by atoms with E-state index in [0.717, 1.165) is 45.0 Å². The van der Waals surface area contributed by atoms with Crippen molar-refractivity contribution in [1.29, 1.82) is 0 Å². The maximum atomic E-state index is 12.4. The molecule has 0 bridgehead atoms. The lowest BCUT2D eigenvalue weighted by molar-refractivity contribution is 0.0398. The minimum Gasteiger partial charge on any atom is -0.495 e. The average molecular weight is 371 g/mol. The van der Waals surface area contributed by atoms with Gasteiger partial charge in [0.1, 0.15) is 11.6 Å². The molecule has 27 heavy (non-hydrogen) atoms. The van der Waals surface area contributed by atoms with Gasteiger partial charge in [-0.1, -0.05) is 6.07 Å². The number of methoxy groups -OCH3 is 1. The van der Waals surface area contributed by atoms with Crippen LogP contribution in [0, 0.1) is 6.92 Å². The van der Waals surface area contributed by atoms with Crippen LogP contribution in [0.15, 0.2) is 30.3 Å². The number of nitrogens with zero attached hydrogens (tertiary/aromatic N) is 3. The van der Waals surface area contributed by atoms with E-state index in [4.69, 9.17) is 9.47 Å². The highest BCUT2D eigenvalue weighted by atomic mass is 16.5. The first-order valence-electron chi connectivity index (χ1n) is 8.99. The molecule has 1 aliphatic rings. The molecule has 1 aliphatic heterocycles. The van der Waals surface area contributed by atoms with Crippen molar-refractivity contribution in [3.05, 3.63) is 41.6 Å². The minimum atomic E-state index is -0.328. The molecule has 1 aromatic heterocycles. The van der Waals surface area contributed by atoms with Gasteiger partial charge in [0, 0.05) is 26.2 Å². The number of carbonyl (C=O) groups is 1. The fraction of sp³-hybridized carbons (Fsp3) is 0.421. The summed E-state index contributed by atoms with van der Waals surface area (Å²) in [5.41, 5.74) is 1.88. The molecule has 1 amide bonds. The Kier molecular flexibility index (Phi) is 6.56. The second-order valence-corrected chi connectivity index (χ2v) is 6.34. The molecule has 0 saturated carbocycles.